The molecule has 5 nitrogen and oxygen atoms in total. The second kappa shape index (κ2) is 4.23. The zero-order valence-electron chi connectivity index (χ0n) is 9.41. The van der Waals surface area contributed by atoms with Gasteiger partial charge in [0.25, 0.3) is 0 Å². The standard InChI is InChI=1S/C12H10N4OS/c13-12-15-14-11(18-12)7-16-6-5-10(17)8-3-1-2-4-9(8)16/h1-6H,7H2,(H2,13,15). The van der Waals surface area contributed by atoms with Crippen LogP contribution in [0, 0.1) is 0 Å². The molecule has 0 spiro atoms. The highest BCUT2D eigenvalue weighted by Crippen LogP contribution is 2.15. The molecule has 0 bridgehead atoms. The third-order valence-electron chi connectivity index (χ3n) is 2.67. The van der Waals surface area contributed by atoms with Gasteiger partial charge in [-0.05, 0) is 12.1 Å². The van der Waals surface area contributed by atoms with Crippen molar-refractivity contribution in [3.63, 3.8) is 0 Å². The molecule has 3 rings (SSSR count). The highest BCUT2D eigenvalue weighted by Gasteiger charge is 2.05. The quantitative estimate of drug-likeness (QED) is 0.755. The molecule has 6 heteroatoms. The van der Waals surface area contributed by atoms with Gasteiger partial charge in [0, 0.05) is 17.6 Å². The minimum atomic E-state index is 0.0265. The van der Waals surface area contributed by atoms with E-state index in [0.717, 1.165) is 10.5 Å². The summed E-state index contributed by atoms with van der Waals surface area (Å²) in [4.78, 5) is 11.7. The molecule has 0 unspecified atom stereocenters. The van der Waals surface area contributed by atoms with Gasteiger partial charge in [-0.2, -0.15) is 0 Å². The Balaban J connectivity index is 2.12. The van der Waals surface area contributed by atoms with Crippen molar-refractivity contribution in [1.29, 1.82) is 0 Å². The molecule has 18 heavy (non-hydrogen) atoms. The molecule has 0 fully saturated rings. The Morgan fingerprint density at radius 1 is 1.22 bits per heavy atom. The van der Waals surface area contributed by atoms with E-state index in [1.165, 1.54) is 11.3 Å². The first kappa shape index (κ1) is 10.9. The maximum atomic E-state index is 11.7. The predicted molar refractivity (Wildman–Crippen MR) is 71.6 cm³/mol. The van der Waals surface area contributed by atoms with Crippen LogP contribution in [-0.2, 0) is 6.54 Å². The van der Waals surface area contributed by atoms with E-state index in [1.54, 1.807) is 12.3 Å². The number of nitrogens with zero attached hydrogens (tertiary/aromatic N) is 3. The summed E-state index contributed by atoms with van der Waals surface area (Å²) in [5.74, 6) is 0. The van der Waals surface area contributed by atoms with E-state index in [9.17, 15) is 4.79 Å². The fourth-order valence-corrected chi connectivity index (χ4v) is 2.48. The number of fused-ring (bicyclic) bond motifs is 1. The Morgan fingerprint density at radius 3 is 2.83 bits per heavy atom. The number of para-hydroxylation sites is 1. The van der Waals surface area contributed by atoms with E-state index in [4.69, 9.17) is 5.73 Å². The van der Waals surface area contributed by atoms with Gasteiger partial charge in [-0.3, -0.25) is 4.79 Å². The molecule has 2 aromatic heterocycles. The van der Waals surface area contributed by atoms with Gasteiger partial charge in [-0.15, -0.1) is 10.2 Å². The molecular formula is C12H10N4OS. The third kappa shape index (κ3) is 1.86. The zero-order chi connectivity index (χ0) is 12.5. The third-order valence-corrected chi connectivity index (χ3v) is 3.41. The molecule has 1 aromatic carbocycles. The van der Waals surface area contributed by atoms with Gasteiger partial charge in [-0.1, -0.05) is 23.5 Å². The largest absolute Gasteiger partial charge is 0.374 e. The first-order valence-electron chi connectivity index (χ1n) is 5.40. The van der Waals surface area contributed by atoms with Crippen molar-refractivity contribution < 1.29 is 0 Å². The van der Waals surface area contributed by atoms with Crippen molar-refractivity contribution in [2.24, 2.45) is 0 Å². The average Bonchev–Trinajstić information content (AvgIpc) is 2.79. The number of rotatable bonds is 2. The Kier molecular flexibility index (Phi) is 2.56. The van der Waals surface area contributed by atoms with Gasteiger partial charge in [-0.25, -0.2) is 0 Å². The van der Waals surface area contributed by atoms with Crippen LogP contribution < -0.4 is 11.2 Å². The minimum absolute atomic E-state index is 0.0265. The summed E-state index contributed by atoms with van der Waals surface area (Å²) in [6.07, 6.45) is 1.77. The van der Waals surface area contributed by atoms with Crippen molar-refractivity contribution in [1.82, 2.24) is 14.8 Å². The van der Waals surface area contributed by atoms with Crippen molar-refractivity contribution in [3.8, 4) is 0 Å². The molecule has 0 radical (unpaired) electrons. The maximum absolute atomic E-state index is 11.7. The van der Waals surface area contributed by atoms with Gasteiger partial charge in [0.2, 0.25) is 5.13 Å². The zero-order valence-corrected chi connectivity index (χ0v) is 10.2. The van der Waals surface area contributed by atoms with Crippen LogP contribution in [0.1, 0.15) is 5.01 Å². The van der Waals surface area contributed by atoms with E-state index in [-0.39, 0.29) is 5.43 Å². The van der Waals surface area contributed by atoms with Gasteiger partial charge in [0.1, 0.15) is 5.01 Å². The second-order valence-corrected chi connectivity index (χ2v) is 4.95. The van der Waals surface area contributed by atoms with Crippen LogP contribution in [0.4, 0.5) is 5.13 Å². The van der Waals surface area contributed by atoms with E-state index < -0.39 is 0 Å². The van der Waals surface area contributed by atoms with Gasteiger partial charge in [0.15, 0.2) is 5.43 Å². The van der Waals surface area contributed by atoms with Gasteiger partial charge >= 0.3 is 0 Å². The number of benzene rings is 1. The minimum Gasteiger partial charge on any atom is -0.374 e. The molecular weight excluding hydrogens is 248 g/mol. The van der Waals surface area contributed by atoms with Crippen LogP contribution in [0.3, 0.4) is 0 Å². The summed E-state index contributed by atoms with van der Waals surface area (Å²) in [7, 11) is 0. The Hall–Kier alpha value is -2.21. The maximum Gasteiger partial charge on any atom is 0.203 e. The molecule has 3 aromatic rings. The monoisotopic (exact) mass is 258 g/mol. The topological polar surface area (TPSA) is 73.8 Å². The number of anilines is 1. The van der Waals surface area contributed by atoms with Crippen molar-refractivity contribution in [3.05, 3.63) is 51.8 Å². The Bertz CT molecular complexity index is 762. The van der Waals surface area contributed by atoms with E-state index in [1.807, 2.05) is 28.8 Å². The Morgan fingerprint density at radius 2 is 2.06 bits per heavy atom. The summed E-state index contributed by atoms with van der Waals surface area (Å²) in [5.41, 5.74) is 6.47. The van der Waals surface area contributed by atoms with Crippen molar-refractivity contribution >= 4 is 27.4 Å². The molecule has 2 N–H and O–H groups in total. The fraction of sp³-hybridized carbons (Fsp3) is 0.0833. The van der Waals surface area contributed by atoms with Gasteiger partial charge < -0.3 is 10.3 Å². The lowest BCUT2D eigenvalue weighted by Crippen LogP contribution is -2.08. The molecule has 2 heterocycles. The highest BCUT2D eigenvalue weighted by atomic mass is 32.1. The van der Waals surface area contributed by atoms with Crippen LogP contribution in [0.25, 0.3) is 10.9 Å². The SMILES string of the molecule is Nc1nnc(Cn2ccc(=O)c3ccccc32)s1. The average molecular weight is 258 g/mol. The highest BCUT2D eigenvalue weighted by molar-refractivity contribution is 7.15. The van der Waals surface area contributed by atoms with Crippen LogP contribution in [0.2, 0.25) is 0 Å². The Labute approximate surface area is 107 Å². The number of hydrogen-bond donors (Lipinski definition) is 1. The van der Waals surface area contributed by atoms with Crippen LogP contribution in [0.15, 0.2) is 41.3 Å². The molecule has 0 saturated carbocycles. The number of hydrogen-bond acceptors (Lipinski definition) is 5. The summed E-state index contributed by atoms with van der Waals surface area (Å²) >= 11 is 1.35. The fourth-order valence-electron chi connectivity index (χ4n) is 1.87. The first-order valence-corrected chi connectivity index (χ1v) is 6.22. The predicted octanol–water partition coefficient (Wildman–Crippen LogP) is 1.48. The summed E-state index contributed by atoms with van der Waals surface area (Å²) in [5, 5.41) is 9.75. The summed E-state index contributed by atoms with van der Waals surface area (Å²) < 4.78 is 1.97. The lowest BCUT2D eigenvalue weighted by molar-refractivity contribution is 0.801. The molecule has 0 aliphatic heterocycles. The summed E-state index contributed by atoms with van der Waals surface area (Å²) in [6.45, 7) is 0.565. The van der Waals surface area contributed by atoms with Gasteiger partial charge in [0.05, 0.1) is 12.1 Å². The van der Waals surface area contributed by atoms with Crippen molar-refractivity contribution in [2.75, 3.05) is 5.73 Å². The first-order chi connectivity index (χ1) is 8.74. The lowest BCUT2D eigenvalue weighted by Gasteiger charge is -2.07. The number of pyridine rings is 1. The molecule has 90 valence electrons. The van der Waals surface area contributed by atoms with E-state index >= 15 is 0 Å². The van der Waals surface area contributed by atoms with Crippen LogP contribution >= 0.6 is 11.3 Å². The molecule has 0 saturated heterocycles. The normalized spacial score (nSPS) is 10.9. The molecule has 0 amide bonds. The second-order valence-electron chi connectivity index (χ2n) is 3.86. The molecule has 0 aliphatic rings. The summed E-state index contributed by atoms with van der Waals surface area (Å²) in [6, 6.07) is 9.07. The van der Waals surface area contributed by atoms with E-state index in [2.05, 4.69) is 10.2 Å². The van der Waals surface area contributed by atoms with Crippen molar-refractivity contribution in [2.45, 2.75) is 6.54 Å². The number of nitrogen functional groups attached to an aromatic ring is 1. The molecule has 0 aliphatic carbocycles. The van der Waals surface area contributed by atoms with E-state index in [0.29, 0.717) is 17.1 Å². The lowest BCUT2D eigenvalue weighted by atomic mass is 10.2. The smallest absolute Gasteiger partial charge is 0.203 e. The number of nitrogens with two attached hydrogens (primary N) is 1. The molecule has 0 atom stereocenters. The number of aromatic nitrogens is 3. The van der Waals surface area contributed by atoms with Crippen LogP contribution in [-0.4, -0.2) is 14.8 Å². The van der Waals surface area contributed by atoms with Crippen LogP contribution in [0.5, 0.6) is 0 Å².